The van der Waals surface area contributed by atoms with Crippen LogP contribution < -0.4 is 4.90 Å². The van der Waals surface area contributed by atoms with Crippen molar-refractivity contribution < 1.29 is 9.53 Å². The molecule has 0 fully saturated rings. The van der Waals surface area contributed by atoms with Crippen LogP contribution in [0.1, 0.15) is 17.3 Å². The first kappa shape index (κ1) is 13.1. The molecule has 0 aliphatic rings. The molecule has 1 atom stereocenters. The minimum Gasteiger partial charge on any atom is -0.438 e. The van der Waals surface area contributed by atoms with Crippen molar-refractivity contribution in [2.75, 3.05) is 11.9 Å². The molecular formula is C16H17NO2. The van der Waals surface area contributed by atoms with Gasteiger partial charge in [0.1, 0.15) is 0 Å². The zero-order valence-electron chi connectivity index (χ0n) is 11.1. The lowest BCUT2D eigenvalue weighted by atomic mass is 10.2. The van der Waals surface area contributed by atoms with Crippen LogP contribution in [0.2, 0.25) is 0 Å². The van der Waals surface area contributed by atoms with Gasteiger partial charge in [0.15, 0.2) is 6.23 Å². The Hall–Kier alpha value is -2.29. The molecule has 0 heterocycles. The van der Waals surface area contributed by atoms with E-state index in [0.717, 1.165) is 5.69 Å². The molecule has 3 nitrogen and oxygen atoms in total. The standard InChI is InChI=1S/C16H17NO2/c1-13(17(2)15-11-7-4-8-12-15)19-16(18)14-9-5-3-6-10-14/h3-13H,1-2H3. The SMILES string of the molecule is CC(OC(=O)c1ccccc1)N(C)c1ccccc1. The van der Waals surface area contributed by atoms with Crippen LogP contribution in [-0.2, 0) is 4.74 Å². The number of esters is 1. The number of anilines is 1. The lowest BCUT2D eigenvalue weighted by Crippen LogP contribution is -2.33. The first-order chi connectivity index (χ1) is 9.18. The van der Waals surface area contributed by atoms with E-state index in [-0.39, 0.29) is 12.2 Å². The van der Waals surface area contributed by atoms with E-state index in [2.05, 4.69) is 0 Å². The molecule has 2 rings (SSSR count). The van der Waals surface area contributed by atoms with E-state index in [4.69, 9.17) is 4.74 Å². The second-order valence-electron chi connectivity index (χ2n) is 4.32. The van der Waals surface area contributed by atoms with E-state index >= 15 is 0 Å². The number of rotatable bonds is 4. The van der Waals surface area contributed by atoms with Gasteiger partial charge >= 0.3 is 5.97 Å². The summed E-state index contributed by atoms with van der Waals surface area (Å²) in [6, 6.07) is 18.8. The number of hydrogen-bond acceptors (Lipinski definition) is 3. The number of carbonyl (C=O) groups excluding carboxylic acids is 1. The fourth-order valence-electron chi connectivity index (χ4n) is 1.75. The Labute approximate surface area is 113 Å². The maximum Gasteiger partial charge on any atom is 0.340 e. The Balaban J connectivity index is 2.02. The largest absolute Gasteiger partial charge is 0.438 e. The number of ether oxygens (including phenoxy) is 1. The maximum atomic E-state index is 11.9. The first-order valence-electron chi connectivity index (χ1n) is 6.22. The fourth-order valence-corrected chi connectivity index (χ4v) is 1.75. The Bertz CT molecular complexity index is 525. The summed E-state index contributed by atoms with van der Waals surface area (Å²) in [6.07, 6.45) is -0.324. The molecule has 1 unspecified atom stereocenters. The van der Waals surface area contributed by atoms with Gasteiger partial charge in [-0.2, -0.15) is 0 Å². The van der Waals surface area contributed by atoms with Crippen LogP contribution in [0.3, 0.4) is 0 Å². The average molecular weight is 255 g/mol. The van der Waals surface area contributed by atoms with E-state index in [1.165, 1.54) is 0 Å². The Morgan fingerprint density at radius 2 is 1.53 bits per heavy atom. The van der Waals surface area contributed by atoms with Gasteiger partial charge < -0.3 is 9.64 Å². The maximum absolute atomic E-state index is 11.9. The zero-order valence-corrected chi connectivity index (χ0v) is 11.1. The van der Waals surface area contributed by atoms with Gasteiger partial charge in [-0.1, -0.05) is 36.4 Å². The molecule has 0 aliphatic carbocycles. The minimum absolute atomic E-state index is 0.309. The van der Waals surface area contributed by atoms with Crippen LogP contribution in [0.25, 0.3) is 0 Å². The molecule has 0 radical (unpaired) electrons. The molecule has 2 aromatic carbocycles. The summed E-state index contributed by atoms with van der Waals surface area (Å²) >= 11 is 0. The van der Waals surface area contributed by atoms with Crippen molar-refractivity contribution in [3.8, 4) is 0 Å². The lowest BCUT2D eigenvalue weighted by Gasteiger charge is -2.26. The predicted octanol–water partition coefficient (Wildman–Crippen LogP) is 3.33. The summed E-state index contributed by atoms with van der Waals surface area (Å²) in [6.45, 7) is 1.86. The van der Waals surface area contributed by atoms with Crippen LogP contribution in [-0.4, -0.2) is 19.2 Å². The number of benzene rings is 2. The van der Waals surface area contributed by atoms with Crippen molar-refractivity contribution in [3.63, 3.8) is 0 Å². The number of hydrogen-bond donors (Lipinski definition) is 0. The van der Waals surface area contributed by atoms with Gasteiger partial charge in [-0.25, -0.2) is 4.79 Å². The smallest absolute Gasteiger partial charge is 0.340 e. The molecule has 0 bridgehead atoms. The summed E-state index contributed by atoms with van der Waals surface area (Å²) < 4.78 is 5.44. The molecule has 19 heavy (non-hydrogen) atoms. The van der Waals surface area contributed by atoms with Crippen LogP contribution in [0.5, 0.6) is 0 Å². The molecule has 0 saturated heterocycles. The molecule has 98 valence electrons. The van der Waals surface area contributed by atoms with Crippen molar-refractivity contribution in [3.05, 3.63) is 66.2 Å². The van der Waals surface area contributed by atoms with E-state index in [0.29, 0.717) is 5.56 Å². The molecule has 0 spiro atoms. The third-order valence-corrected chi connectivity index (χ3v) is 3.00. The van der Waals surface area contributed by atoms with Crippen molar-refractivity contribution in [1.29, 1.82) is 0 Å². The molecule has 0 amide bonds. The predicted molar refractivity (Wildman–Crippen MR) is 76.2 cm³/mol. The molecular weight excluding hydrogens is 238 g/mol. The summed E-state index contributed by atoms with van der Waals surface area (Å²) in [4.78, 5) is 13.9. The Morgan fingerprint density at radius 1 is 1.00 bits per heavy atom. The average Bonchev–Trinajstić information content (AvgIpc) is 2.48. The van der Waals surface area contributed by atoms with Gasteiger partial charge in [-0.05, 0) is 31.2 Å². The van der Waals surface area contributed by atoms with Gasteiger partial charge in [0, 0.05) is 12.7 Å². The van der Waals surface area contributed by atoms with Crippen LogP contribution in [0.15, 0.2) is 60.7 Å². The Morgan fingerprint density at radius 3 is 2.11 bits per heavy atom. The van der Waals surface area contributed by atoms with Crippen molar-refractivity contribution in [2.45, 2.75) is 13.2 Å². The Kier molecular flexibility index (Phi) is 4.18. The zero-order chi connectivity index (χ0) is 13.7. The highest BCUT2D eigenvalue weighted by Crippen LogP contribution is 2.15. The van der Waals surface area contributed by atoms with Crippen molar-refractivity contribution >= 4 is 11.7 Å². The molecule has 0 saturated carbocycles. The van der Waals surface area contributed by atoms with Crippen molar-refractivity contribution in [2.24, 2.45) is 0 Å². The highest BCUT2D eigenvalue weighted by molar-refractivity contribution is 5.89. The molecule has 2 aromatic rings. The molecule has 3 heteroatoms. The second-order valence-corrected chi connectivity index (χ2v) is 4.32. The van der Waals surface area contributed by atoms with Crippen LogP contribution >= 0.6 is 0 Å². The summed E-state index contributed by atoms with van der Waals surface area (Å²) in [5.41, 5.74) is 1.58. The van der Waals surface area contributed by atoms with Crippen LogP contribution in [0.4, 0.5) is 5.69 Å². The molecule has 0 aliphatic heterocycles. The number of para-hydroxylation sites is 1. The first-order valence-corrected chi connectivity index (χ1v) is 6.22. The monoisotopic (exact) mass is 255 g/mol. The quantitative estimate of drug-likeness (QED) is 0.620. The van der Waals surface area contributed by atoms with Gasteiger partial charge in [0.25, 0.3) is 0 Å². The normalized spacial score (nSPS) is 11.7. The lowest BCUT2D eigenvalue weighted by molar-refractivity contribution is 0.0344. The van der Waals surface area contributed by atoms with E-state index in [1.807, 2.05) is 67.4 Å². The van der Waals surface area contributed by atoms with Crippen LogP contribution in [0, 0.1) is 0 Å². The highest BCUT2D eigenvalue weighted by atomic mass is 16.6. The van der Waals surface area contributed by atoms with E-state index in [9.17, 15) is 4.79 Å². The van der Waals surface area contributed by atoms with Gasteiger partial charge in [0.05, 0.1) is 5.56 Å². The van der Waals surface area contributed by atoms with Gasteiger partial charge in [0.2, 0.25) is 0 Å². The topological polar surface area (TPSA) is 29.5 Å². The minimum atomic E-state index is -0.324. The highest BCUT2D eigenvalue weighted by Gasteiger charge is 2.15. The van der Waals surface area contributed by atoms with Crippen molar-refractivity contribution in [1.82, 2.24) is 0 Å². The summed E-state index contributed by atoms with van der Waals surface area (Å²) in [7, 11) is 1.90. The van der Waals surface area contributed by atoms with E-state index in [1.54, 1.807) is 12.1 Å². The fraction of sp³-hybridized carbons (Fsp3) is 0.188. The number of carbonyl (C=O) groups is 1. The third-order valence-electron chi connectivity index (χ3n) is 3.00. The van der Waals surface area contributed by atoms with Gasteiger partial charge in [-0.3, -0.25) is 0 Å². The summed E-state index contributed by atoms with van der Waals surface area (Å²) in [5, 5.41) is 0. The molecule has 0 N–H and O–H groups in total. The van der Waals surface area contributed by atoms with Gasteiger partial charge in [-0.15, -0.1) is 0 Å². The van der Waals surface area contributed by atoms with E-state index < -0.39 is 0 Å². The third kappa shape index (κ3) is 3.35. The number of nitrogens with zero attached hydrogens (tertiary/aromatic N) is 1. The second kappa shape index (κ2) is 6.05. The summed E-state index contributed by atoms with van der Waals surface area (Å²) in [5.74, 6) is -0.309. The molecule has 0 aromatic heterocycles.